The molecule has 0 bridgehead atoms. The Morgan fingerprint density at radius 3 is 2.17 bits per heavy atom. The quantitative estimate of drug-likeness (QED) is 0.799. The molecule has 0 unspecified atom stereocenters. The first kappa shape index (κ1) is 17.2. The Morgan fingerprint density at radius 2 is 1.57 bits per heavy atom. The number of rotatable bonds is 1. The van der Waals surface area contributed by atoms with Crippen LogP contribution in [-0.4, -0.2) is 53.6 Å². The summed E-state index contributed by atoms with van der Waals surface area (Å²) in [7, 11) is 0. The van der Waals surface area contributed by atoms with E-state index < -0.39 is 5.60 Å². The maximum atomic E-state index is 12.9. The van der Waals surface area contributed by atoms with Gasteiger partial charge < -0.3 is 14.5 Å². The van der Waals surface area contributed by atoms with E-state index in [0.717, 1.165) is 0 Å². The van der Waals surface area contributed by atoms with E-state index in [2.05, 4.69) is 0 Å². The van der Waals surface area contributed by atoms with Crippen LogP contribution >= 0.6 is 0 Å². The fourth-order valence-corrected chi connectivity index (χ4v) is 2.40. The number of nitrogens with zero attached hydrogens (tertiary/aromatic N) is 2. The minimum absolute atomic E-state index is 0.143. The van der Waals surface area contributed by atoms with E-state index in [4.69, 9.17) is 4.74 Å². The van der Waals surface area contributed by atoms with Gasteiger partial charge in [0.2, 0.25) is 0 Å². The molecular formula is C17H23FN2O3. The summed E-state index contributed by atoms with van der Waals surface area (Å²) in [6, 6.07) is 5.51. The highest BCUT2D eigenvalue weighted by Gasteiger charge is 2.26. The first-order valence-corrected chi connectivity index (χ1v) is 7.79. The molecule has 1 aromatic carbocycles. The highest BCUT2D eigenvalue weighted by Crippen LogP contribution is 2.14. The molecule has 6 heteroatoms. The summed E-state index contributed by atoms with van der Waals surface area (Å²) in [4.78, 5) is 27.9. The van der Waals surface area contributed by atoms with Crippen LogP contribution in [0.2, 0.25) is 0 Å². The van der Waals surface area contributed by atoms with E-state index in [1.807, 2.05) is 20.8 Å². The number of benzene rings is 1. The van der Waals surface area contributed by atoms with Gasteiger partial charge in [-0.2, -0.15) is 0 Å². The molecule has 0 radical (unpaired) electrons. The number of amides is 2. The monoisotopic (exact) mass is 322 g/mol. The van der Waals surface area contributed by atoms with Crippen LogP contribution in [0.5, 0.6) is 0 Å². The van der Waals surface area contributed by atoms with Gasteiger partial charge in [-0.15, -0.1) is 0 Å². The Labute approximate surface area is 136 Å². The van der Waals surface area contributed by atoms with E-state index in [9.17, 15) is 14.0 Å². The molecule has 0 atom stereocenters. The van der Waals surface area contributed by atoms with Crippen LogP contribution in [0.15, 0.2) is 24.3 Å². The first-order chi connectivity index (χ1) is 10.8. The molecule has 2 rings (SSSR count). The van der Waals surface area contributed by atoms with E-state index in [1.54, 1.807) is 9.80 Å². The van der Waals surface area contributed by atoms with Crippen molar-refractivity contribution in [1.82, 2.24) is 9.80 Å². The molecule has 1 aromatic rings. The van der Waals surface area contributed by atoms with Gasteiger partial charge in [-0.25, -0.2) is 9.18 Å². The van der Waals surface area contributed by atoms with Gasteiger partial charge in [-0.3, -0.25) is 4.79 Å². The van der Waals surface area contributed by atoms with Gasteiger partial charge in [0.1, 0.15) is 11.4 Å². The second kappa shape index (κ2) is 6.98. The SMILES string of the molecule is CC(C)(C)OC(=O)N1CCCN(C(=O)c2ccc(F)cc2)CC1. The van der Waals surface area contributed by atoms with Crippen LogP contribution < -0.4 is 0 Å². The van der Waals surface area contributed by atoms with Gasteiger partial charge in [0.25, 0.3) is 5.91 Å². The maximum Gasteiger partial charge on any atom is 0.410 e. The smallest absolute Gasteiger partial charge is 0.410 e. The zero-order valence-electron chi connectivity index (χ0n) is 13.8. The van der Waals surface area contributed by atoms with E-state index >= 15 is 0 Å². The third-order valence-electron chi connectivity index (χ3n) is 3.53. The summed E-state index contributed by atoms with van der Waals surface area (Å²) in [5.74, 6) is -0.510. The highest BCUT2D eigenvalue weighted by atomic mass is 19.1. The average molecular weight is 322 g/mol. The average Bonchev–Trinajstić information content (AvgIpc) is 2.71. The van der Waals surface area contributed by atoms with Gasteiger partial charge in [-0.05, 0) is 51.5 Å². The molecule has 5 nitrogen and oxygen atoms in total. The largest absolute Gasteiger partial charge is 0.444 e. The van der Waals surface area contributed by atoms with Crippen molar-refractivity contribution in [1.29, 1.82) is 0 Å². The standard InChI is InChI=1S/C17H23FN2O3/c1-17(2,3)23-16(22)20-10-4-9-19(11-12-20)15(21)13-5-7-14(18)8-6-13/h5-8H,4,9-12H2,1-3H3. The van der Waals surface area contributed by atoms with Gasteiger partial charge in [-0.1, -0.05) is 0 Å². The van der Waals surface area contributed by atoms with Crippen molar-refractivity contribution < 1.29 is 18.7 Å². The van der Waals surface area contributed by atoms with Crippen LogP contribution in [0.4, 0.5) is 9.18 Å². The van der Waals surface area contributed by atoms with Crippen molar-refractivity contribution in [2.24, 2.45) is 0 Å². The van der Waals surface area contributed by atoms with Crippen LogP contribution in [-0.2, 0) is 4.74 Å². The van der Waals surface area contributed by atoms with E-state index in [-0.39, 0.29) is 17.8 Å². The Hall–Kier alpha value is -2.11. The van der Waals surface area contributed by atoms with E-state index in [1.165, 1.54) is 24.3 Å². The third-order valence-corrected chi connectivity index (χ3v) is 3.53. The molecule has 0 aromatic heterocycles. The fourth-order valence-electron chi connectivity index (χ4n) is 2.40. The van der Waals surface area contributed by atoms with Crippen molar-refractivity contribution >= 4 is 12.0 Å². The molecule has 0 aliphatic carbocycles. The van der Waals surface area contributed by atoms with Crippen LogP contribution in [0, 0.1) is 5.82 Å². The molecule has 1 saturated heterocycles. The van der Waals surface area contributed by atoms with Gasteiger partial charge >= 0.3 is 6.09 Å². The normalized spacial score (nSPS) is 16.0. The second-order valence-corrected chi connectivity index (χ2v) is 6.62. The molecular weight excluding hydrogens is 299 g/mol. The third kappa shape index (κ3) is 4.94. The zero-order chi connectivity index (χ0) is 17.0. The molecule has 0 N–H and O–H groups in total. The van der Waals surface area contributed by atoms with Crippen LogP contribution in [0.25, 0.3) is 0 Å². The maximum absolute atomic E-state index is 12.9. The molecule has 1 fully saturated rings. The summed E-state index contributed by atoms with van der Waals surface area (Å²) in [5, 5.41) is 0. The Balaban J connectivity index is 1.97. The van der Waals surface area contributed by atoms with Crippen molar-refractivity contribution in [3.05, 3.63) is 35.6 Å². The van der Waals surface area contributed by atoms with E-state index in [0.29, 0.717) is 38.2 Å². The molecule has 0 spiro atoms. The summed E-state index contributed by atoms with van der Waals surface area (Å²) in [5.41, 5.74) is -0.0791. The zero-order valence-corrected chi connectivity index (χ0v) is 13.8. The molecule has 1 heterocycles. The fraction of sp³-hybridized carbons (Fsp3) is 0.529. The molecule has 1 aliphatic rings. The Morgan fingerprint density at radius 1 is 1.00 bits per heavy atom. The number of carbonyl (C=O) groups excluding carboxylic acids is 2. The van der Waals surface area contributed by atoms with Gasteiger partial charge in [0.05, 0.1) is 0 Å². The molecule has 126 valence electrons. The minimum Gasteiger partial charge on any atom is -0.444 e. The van der Waals surface area contributed by atoms with Crippen LogP contribution in [0.1, 0.15) is 37.6 Å². The van der Waals surface area contributed by atoms with Gasteiger partial charge in [0, 0.05) is 31.7 Å². The van der Waals surface area contributed by atoms with Crippen LogP contribution in [0.3, 0.4) is 0 Å². The number of halogens is 1. The van der Waals surface area contributed by atoms with Crippen molar-refractivity contribution in [3.63, 3.8) is 0 Å². The summed E-state index contributed by atoms with van der Waals surface area (Å²) in [6.07, 6.45) is 0.334. The second-order valence-electron chi connectivity index (χ2n) is 6.62. The topological polar surface area (TPSA) is 49.9 Å². The number of carbonyl (C=O) groups is 2. The molecule has 2 amide bonds. The van der Waals surface area contributed by atoms with Gasteiger partial charge in [0.15, 0.2) is 0 Å². The Kier molecular flexibility index (Phi) is 5.23. The minimum atomic E-state index is -0.535. The van der Waals surface area contributed by atoms with Crippen molar-refractivity contribution in [3.8, 4) is 0 Å². The lowest BCUT2D eigenvalue weighted by atomic mass is 10.2. The lowest BCUT2D eigenvalue weighted by molar-refractivity contribution is 0.0255. The first-order valence-electron chi connectivity index (χ1n) is 7.79. The van der Waals surface area contributed by atoms with Crippen molar-refractivity contribution in [2.45, 2.75) is 32.8 Å². The summed E-state index contributed by atoms with van der Waals surface area (Å²) < 4.78 is 18.3. The van der Waals surface area contributed by atoms with Crippen molar-refractivity contribution in [2.75, 3.05) is 26.2 Å². The molecule has 23 heavy (non-hydrogen) atoms. The molecule has 0 saturated carbocycles. The lowest BCUT2D eigenvalue weighted by Gasteiger charge is -2.26. The molecule has 1 aliphatic heterocycles. The Bertz CT molecular complexity index is 566. The number of hydrogen-bond donors (Lipinski definition) is 0. The lowest BCUT2D eigenvalue weighted by Crippen LogP contribution is -2.40. The number of hydrogen-bond acceptors (Lipinski definition) is 3. The summed E-state index contributed by atoms with van der Waals surface area (Å²) >= 11 is 0. The predicted octanol–water partition coefficient (Wildman–Crippen LogP) is 2.91. The summed E-state index contributed by atoms with van der Waals surface area (Å²) in [6.45, 7) is 7.47. The highest BCUT2D eigenvalue weighted by molar-refractivity contribution is 5.94. The predicted molar refractivity (Wildman–Crippen MR) is 84.7 cm³/mol. The number of ether oxygens (including phenoxy) is 1.